The van der Waals surface area contributed by atoms with Gasteiger partial charge in [0.15, 0.2) is 0 Å². The van der Waals surface area contributed by atoms with Crippen LogP contribution in [0.2, 0.25) is 0 Å². The number of halogens is 1. The van der Waals surface area contributed by atoms with E-state index in [1.807, 2.05) is 0 Å². The van der Waals surface area contributed by atoms with E-state index in [1.54, 1.807) is 0 Å². The van der Waals surface area contributed by atoms with Gasteiger partial charge in [0.25, 0.3) is 0 Å². The lowest BCUT2D eigenvalue weighted by atomic mass is 10.1. The largest absolute Gasteiger partial charge is 0.342 e. The van der Waals surface area contributed by atoms with Crippen molar-refractivity contribution in [2.75, 3.05) is 5.88 Å². The number of hydrogen-bond donors (Lipinski definition) is 1. The first kappa shape index (κ1) is 11.5. The molecule has 0 aliphatic heterocycles. The zero-order chi connectivity index (χ0) is 11.4. The number of aryl methyl sites for hydroxylation is 2. The number of hydrogen-bond acceptors (Lipinski definition) is 1. The summed E-state index contributed by atoms with van der Waals surface area (Å²) in [5, 5.41) is 0. The van der Waals surface area contributed by atoms with Crippen LogP contribution in [0.15, 0.2) is 18.2 Å². The van der Waals surface area contributed by atoms with Gasteiger partial charge in [0.05, 0.1) is 11.0 Å². The van der Waals surface area contributed by atoms with Crippen LogP contribution in [0.4, 0.5) is 0 Å². The molecule has 0 saturated carbocycles. The Balaban J connectivity index is 2.16. The number of fused-ring (bicyclic) bond motifs is 1. The maximum atomic E-state index is 5.66. The van der Waals surface area contributed by atoms with Crippen LogP contribution in [-0.4, -0.2) is 15.8 Å². The third-order valence-corrected chi connectivity index (χ3v) is 3.07. The van der Waals surface area contributed by atoms with Crippen molar-refractivity contribution >= 4 is 22.6 Å². The summed E-state index contributed by atoms with van der Waals surface area (Å²) in [7, 11) is 0. The van der Waals surface area contributed by atoms with Gasteiger partial charge < -0.3 is 4.98 Å². The first-order chi connectivity index (χ1) is 7.83. The van der Waals surface area contributed by atoms with Crippen molar-refractivity contribution in [3.05, 3.63) is 29.6 Å². The van der Waals surface area contributed by atoms with E-state index in [1.165, 1.54) is 5.56 Å². The van der Waals surface area contributed by atoms with Gasteiger partial charge >= 0.3 is 0 Å². The average Bonchev–Trinajstić information content (AvgIpc) is 2.70. The van der Waals surface area contributed by atoms with Crippen molar-refractivity contribution in [1.82, 2.24) is 9.97 Å². The molecule has 0 aliphatic rings. The van der Waals surface area contributed by atoms with Crippen molar-refractivity contribution in [1.29, 1.82) is 0 Å². The number of unbranched alkanes of at least 4 members (excludes halogenated alkanes) is 1. The summed E-state index contributed by atoms with van der Waals surface area (Å²) in [5.41, 5.74) is 3.57. The van der Waals surface area contributed by atoms with E-state index in [4.69, 9.17) is 11.6 Å². The predicted molar refractivity (Wildman–Crippen MR) is 69.1 cm³/mol. The molecule has 2 nitrogen and oxygen atoms in total. The second-order valence-corrected chi connectivity index (χ2v) is 4.41. The maximum Gasteiger partial charge on any atom is 0.107 e. The van der Waals surface area contributed by atoms with Gasteiger partial charge in [-0.1, -0.05) is 13.0 Å². The van der Waals surface area contributed by atoms with Crippen molar-refractivity contribution in [2.45, 2.75) is 32.6 Å². The highest BCUT2D eigenvalue weighted by molar-refractivity contribution is 6.17. The number of nitrogens with one attached hydrogen (secondary N) is 1. The first-order valence-corrected chi connectivity index (χ1v) is 6.40. The van der Waals surface area contributed by atoms with Gasteiger partial charge in [-0.15, -0.1) is 11.6 Å². The molecule has 1 N–H and O–H groups in total. The summed E-state index contributed by atoms with van der Waals surface area (Å²) < 4.78 is 0. The fourth-order valence-electron chi connectivity index (χ4n) is 1.83. The van der Waals surface area contributed by atoms with Crippen LogP contribution in [0.1, 0.15) is 31.2 Å². The summed E-state index contributed by atoms with van der Waals surface area (Å²) in [5.74, 6) is 1.81. The van der Waals surface area contributed by atoms with Crippen LogP contribution in [0.5, 0.6) is 0 Å². The second-order valence-electron chi connectivity index (χ2n) is 4.03. The van der Waals surface area contributed by atoms with Gasteiger partial charge in [-0.2, -0.15) is 0 Å². The number of aromatic amines is 1. The molecule has 2 aromatic rings. The van der Waals surface area contributed by atoms with E-state index in [0.717, 1.165) is 48.4 Å². The van der Waals surface area contributed by atoms with Gasteiger partial charge in [-0.25, -0.2) is 4.98 Å². The van der Waals surface area contributed by atoms with Crippen LogP contribution in [-0.2, 0) is 12.8 Å². The average molecular weight is 237 g/mol. The van der Waals surface area contributed by atoms with E-state index in [9.17, 15) is 0 Å². The minimum atomic E-state index is 0.736. The van der Waals surface area contributed by atoms with E-state index in [2.05, 4.69) is 35.1 Å². The SMILES string of the molecule is CCc1ccc2nc(CCCCCl)[nH]c2c1. The molecule has 0 radical (unpaired) electrons. The molecule has 0 aliphatic carbocycles. The highest BCUT2D eigenvalue weighted by atomic mass is 35.5. The standard InChI is InChI=1S/C13H17ClN2/c1-2-10-6-7-11-12(9-10)16-13(15-11)5-3-4-8-14/h6-7,9H,2-5,8H2,1H3,(H,15,16). The predicted octanol–water partition coefficient (Wildman–Crippen LogP) is 3.69. The Hall–Kier alpha value is -1.02. The first-order valence-electron chi connectivity index (χ1n) is 5.87. The fourth-order valence-corrected chi connectivity index (χ4v) is 2.02. The normalized spacial score (nSPS) is 11.1. The Labute approximate surface area is 101 Å². The third-order valence-electron chi connectivity index (χ3n) is 2.80. The van der Waals surface area contributed by atoms with Crippen molar-refractivity contribution in [3.8, 4) is 0 Å². The number of nitrogens with zero attached hydrogens (tertiary/aromatic N) is 1. The Morgan fingerprint density at radius 2 is 2.19 bits per heavy atom. The van der Waals surface area contributed by atoms with Gasteiger partial charge in [0.1, 0.15) is 5.82 Å². The number of rotatable bonds is 5. The van der Waals surface area contributed by atoms with E-state index < -0.39 is 0 Å². The van der Waals surface area contributed by atoms with Gasteiger partial charge in [-0.05, 0) is 37.0 Å². The molecule has 16 heavy (non-hydrogen) atoms. The van der Waals surface area contributed by atoms with Gasteiger partial charge in [0.2, 0.25) is 0 Å². The Morgan fingerprint density at radius 1 is 1.31 bits per heavy atom. The zero-order valence-corrected chi connectivity index (χ0v) is 10.3. The number of benzene rings is 1. The topological polar surface area (TPSA) is 28.7 Å². The van der Waals surface area contributed by atoms with E-state index in [0.29, 0.717) is 0 Å². The summed E-state index contributed by atoms with van der Waals surface area (Å²) >= 11 is 5.66. The monoisotopic (exact) mass is 236 g/mol. The highest BCUT2D eigenvalue weighted by Crippen LogP contribution is 2.15. The maximum absolute atomic E-state index is 5.66. The molecule has 3 heteroatoms. The Kier molecular flexibility index (Phi) is 3.83. The molecule has 0 unspecified atom stereocenters. The molecule has 0 amide bonds. The Morgan fingerprint density at radius 3 is 2.94 bits per heavy atom. The molecule has 1 heterocycles. The highest BCUT2D eigenvalue weighted by Gasteiger charge is 2.02. The molecule has 1 aromatic carbocycles. The molecule has 0 fully saturated rings. The van der Waals surface area contributed by atoms with E-state index >= 15 is 0 Å². The smallest absolute Gasteiger partial charge is 0.107 e. The molecular weight excluding hydrogens is 220 g/mol. The molecular formula is C13H17ClN2. The lowest BCUT2D eigenvalue weighted by molar-refractivity contribution is 0.769. The molecule has 86 valence electrons. The summed E-state index contributed by atoms with van der Waals surface area (Å²) in [6, 6.07) is 6.43. The lowest BCUT2D eigenvalue weighted by Gasteiger charge is -1.94. The van der Waals surface area contributed by atoms with Crippen molar-refractivity contribution in [3.63, 3.8) is 0 Å². The number of aromatic nitrogens is 2. The molecule has 1 aromatic heterocycles. The van der Waals surface area contributed by atoms with Gasteiger partial charge in [-0.3, -0.25) is 0 Å². The molecule has 0 bridgehead atoms. The van der Waals surface area contributed by atoms with Crippen LogP contribution in [0.25, 0.3) is 11.0 Å². The third kappa shape index (κ3) is 2.56. The quantitative estimate of drug-likeness (QED) is 0.623. The number of imidazole rings is 1. The van der Waals surface area contributed by atoms with Crippen molar-refractivity contribution < 1.29 is 0 Å². The zero-order valence-electron chi connectivity index (χ0n) is 9.59. The van der Waals surface area contributed by atoms with Crippen LogP contribution < -0.4 is 0 Å². The summed E-state index contributed by atoms with van der Waals surface area (Å²) in [4.78, 5) is 7.94. The summed E-state index contributed by atoms with van der Waals surface area (Å²) in [6.07, 6.45) is 4.21. The van der Waals surface area contributed by atoms with Crippen LogP contribution >= 0.6 is 11.6 Å². The van der Waals surface area contributed by atoms with E-state index in [-0.39, 0.29) is 0 Å². The number of alkyl halides is 1. The van der Waals surface area contributed by atoms with Crippen LogP contribution in [0, 0.1) is 0 Å². The van der Waals surface area contributed by atoms with Crippen LogP contribution in [0.3, 0.4) is 0 Å². The minimum Gasteiger partial charge on any atom is -0.342 e. The van der Waals surface area contributed by atoms with Crippen molar-refractivity contribution in [2.24, 2.45) is 0 Å². The molecule has 0 saturated heterocycles. The van der Waals surface area contributed by atoms with Gasteiger partial charge in [0, 0.05) is 12.3 Å². The fraction of sp³-hybridized carbons (Fsp3) is 0.462. The minimum absolute atomic E-state index is 0.736. The molecule has 0 spiro atoms. The molecule has 2 rings (SSSR count). The number of H-pyrrole nitrogens is 1. The Bertz CT molecular complexity index is 462. The second kappa shape index (κ2) is 5.35. The lowest BCUT2D eigenvalue weighted by Crippen LogP contribution is -1.88. The molecule has 0 atom stereocenters. The summed E-state index contributed by atoms with van der Waals surface area (Å²) in [6.45, 7) is 2.17.